The van der Waals surface area contributed by atoms with Gasteiger partial charge in [0.2, 0.25) is 0 Å². The molecule has 1 N–H and O–H groups in total. The van der Waals surface area contributed by atoms with E-state index in [0.29, 0.717) is 11.1 Å². The van der Waals surface area contributed by atoms with Gasteiger partial charge in [-0.15, -0.1) is 0 Å². The quantitative estimate of drug-likeness (QED) is 0.412. The van der Waals surface area contributed by atoms with Crippen LogP contribution in [0.1, 0.15) is 53.9 Å². The summed E-state index contributed by atoms with van der Waals surface area (Å²) in [5, 5.41) is 17.9. The monoisotopic (exact) mass is 325 g/mol. The summed E-state index contributed by atoms with van der Waals surface area (Å²) in [6, 6.07) is 2.04. The third kappa shape index (κ3) is 5.70. The zero-order valence-electron chi connectivity index (χ0n) is 15.3. The Morgan fingerprint density at radius 1 is 1.29 bits per heavy atom. The first-order chi connectivity index (χ1) is 11.2. The molecule has 0 aromatic heterocycles. The second-order valence-electron chi connectivity index (χ2n) is 7.03. The Labute approximate surface area is 145 Å². The first-order valence-corrected chi connectivity index (χ1v) is 8.26. The molecule has 3 heteroatoms. The molecule has 0 saturated carbocycles. The number of hydrogen-bond donors (Lipinski definition) is 1. The molecule has 24 heavy (non-hydrogen) atoms. The van der Waals surface area contributed by atoms with Crippen LogP contribution in [0.2, 0.25) is 0 Å². The van der Waals surface area contributed by atoms with E-state index < -0.39 is 5.97 Å². The second kappa shape index (κ2) is 8.49. The summed E-state index contributed by atoms with van der Waals surface area (Å²) in [7, 11) is 0. The van der Waals surface area contributed by atoms with E-state index in [1.54, 1.807) is 13.0 Å². The van der Waals surface area contributed by atoms with Crippen LogP contribution in [0.4, 0.5) is 0 Å². The van der Waals surface area contributed by atoms with Crippen LogP contribution in [0.5, 0.6) is 0 Å². The molecule has 0 aromatic carbocycles. The largest absolute Gasteiger partial charge is 0.478 e. The zero-order valence-corrected chi connectivity index (χ0v) is 15.3. The smallest absolute Gasteiger partial charge is 0.328 e. The van der Waals surface area contributed by atoms with Gasteiger partial charge in [-0.05, 0) is 62.7 Å². The first kappa shape index (κ1) is 19.7. The first-order valence-electron chi connectivity index (χ1n) is 8.26. The van der Waals surface area contributed by atoms with Crippen molar-refractivity contribution < 1.29 is 9.90 Å². The molecule has 1 aliphatic rings. The van der Waals surface area contributed by atoms with E-state index in [-0.39, 0.29) is 5.41 Å². The third-order valence-electron chi connectivity index (χ3n) is 4.45. The number of nitrogens with zero attached hydrogens (tertiary/aromatic N) is 1. The lowest BCUT2D eigenvalue weighted by atomic mass is 9.72. The molecule has 0 heterocycles. The summed E-state index contributed by atoms with van der Waals surface area (Å²) >= 11 is 0. The predicted octanol–water partition coefficient (Wildman–Crippen LogP) is 5.50. The van der Waals surface area contributed by atoms with Gasteiger partial charge in [0.05, 0.1) is 11.6 Å². The number of hydrogen-bond acceptors (Lipinski definition) is 2. The Hall–Kier alpha value is -2.34. The lowest BCUT2D eigenvalue weighted by molar-refractivity contribution is -0.131. The molecule has 0 saturated heterocycles. The zero-order chi connectivity index (χ0) is 18.3. The standard InChI is InChI=1S/C21H27NO2/c1-15(8-10-18(14-22)17(3)13-20(23)24)9-11-19-16(2)7-6-12-21(19,4)5/h8-11,13H,6-7,12H2,1-5H3,(H,23,24)/b11-9+,15-8+,17-13-,18-10+. The van der Waals surface area contributed by atoms with Gasteiger partial charge in [-0.1, -0.05) is 43.2 Å². The van der Waals surface area contributed by atoms with Gasteiger partial charge in [0, 0.05) is 6.08 Å². The summed E-state index contributed by atoms with van der Waals surface area (Å²) in [4.78, 5) is 10.7. The van der Waals surface area contributed by atoms with Crippen molar-refractivity contribution >= 4 is 5.97 Å². The van der Waals surface area contributed by atoms with Gasteiger partial charge in [0.15, 0.2) is 0 Å². The molecule has 0 aromatic rings. The molecule has 128 valence electrons. The average Bonchev–Trinajstić information content (AvgIpc) is 2.45. The van der Waals surface area contributed by atoms with E-state index in [1.165, 1.54) is 24.0 Å². The Balaban J connectivity index is 3.00. The average molecular weight is 325 g/mol. The van der Waals surface area contributed by atoms with E-state index in [4.69, 9.17) is 10.4 Å². The molecule has 1 aliphatic carbocycles. The lowest BCUT2D eigenvalue weighted by Gasteiger charge is -2.32. The van der Waals surface area contributed by atoms with Crippen LogP contribution >= 0.6 is 0 Å². The van der Waals surface area contributed by atoms with Crippen molar-refractivity contribution in [2.24, 2.45) is 5.41 Å². The molecule has 0 aliphatic heterocycles. The fourth-order valence-corrected chi connectivity index (χ4v) is 3.02. The van der Waals surface area contributed by atoms with Gasteiger partial charge in [-0.25, -0.2) is 4.79 Å². The molecular formula is C21H27NO2. The molecule has 0 radical (unpaired) electrons. The van der Waals surface area contributed by atoms with Crippen molar-refractivity contribution in [3.8, 4) is 6.07 Å². The summed E-state index contributed by atoms with van der Waals surface area (Å²) in [5.41, 5.74) is 4.88. The highest BCUT2D eigenvalue weighted by Gasteiger charge is 2.26. The van der Waals surface area contributed by atoms with Crippen LogP contribution in [-0.4, -0.2) is 11.1 Å². The number of aliphatic carboxylic acids is 1. The maximum absolute atomic E-state index is 10.7. The number of carboxylic acids is 1. The minimum atomic E-state index is -1.05. The molecule has 0 spiro atoms. The highest BCUT2D eigenvalue weighted by atomic mass is 16.4. The number of nitriles is 1. The van der Waals surface area contributed by atoms with E-state index in [2.05, 4.69) is 32.9 Å². The number of carboxylic acid groups (broad SMARTS) is 1. The Kier molecular flexibility index (Phi) is 6.97. The molecule has 0 bridgehead atoms. The van der Waals surface area contributed by atoms with E-state index in [0.717, 1.165) is 18.1 Å². The molecule has 0 fully saturated rings. The molecule has 0 atom stereocenters. The van der Waals surface area contributed by atoms with E-state index >= 15 is 0 Å². The van der Waals surface area contributed by atoms with Crippen molar-refractivity contribution in [1.29, 1.82) is 5.26 Å². The second-order valence-corrected chi connectivity index (χ2v) is 7.03. The van der Waals surface area contributed by atoms with Crippen LogP contribution in [0.25, 0.3) is 0 Å². The van der Waals surface area contributed by atoms with Gasteiger partial charge >= 0.3 is 5.97 Å². The Morgan fingerprint density at radius 2 is 1.96 bits per heavy atom. The molecule has 3 nitrogen and oxygen atoms in total. The normalized spacial score (nSPS) is 19.6. The molecular weight excluding hydrogens is 298 g/mol. The van der Waals surface area contributed by atoms with Gasteiger partial charge in [0.25, 0.3) is 0 Å². The van der Waals surface area contributed by atoms with Gasteiger partial charge < -0.3 is 5.11 Å². The van der Waals surface area contributed by atoms with Crippen LogP contribution in [0.3, 0.4) is 0 Å². The van der Waals surface area contributed by atoms with Crippen molar-refractivity contribution in [3.63, 3.8) is 0 Å². The van der Waals surface area contributed by atoms with Crippen LogP contribution in [0.15, 0.2) is 58.2 Å². The fraction of sp³-hybridized carbons (Fsp3) is 0.429. The van der Waals surface area contributed by atoms with E-state index in [9.17, 15) is 4.79 Å². The molecule has 0 unspecified atom stereocenters. The van der Waals surface area contributed by atoms with Crippen LogP contribution in [-0.2, 0) is 4.79 Å². The Bertz CT molecular complexity index is 692. The summed E-state index contributed by atoms with van der Waals surface area (Å²) in [6.45, 7) is 10.4. The van der Waals surface area contributed by atoms with Gasteiger partial charge in [-0.2, -0.15) is 5.26 Å². The van der Waals surface area contributed by atoms with Crippen LogP contribution < -0.4 is 0 Å². The van der Waals surface area contributed by atoms with Crippen molar-refractivity contribution in [2.45, 2.75) is 53.9 Å². The number of carbonyl (C=O) groups is 1. The lowest BCUT2D eigenvalue weighted by Crippen LogP contribution is -2.19. The fourth-order valence-electron chi connectivity index (χ4n) is 3.02. The Morgan fingerprint density at radius 3 is 2.50 bits per heavy atom. The highest BCUT2D eigenvalue weighted by Crippen LogP contribution is 2.40. The summed E-state index contributed by atoms with van der Waals surface area (Å²) in [6.07, 6.45) is 12.4. The van der Waals surface area contributed by atoms with Crippen molar-refractivity contribution in [1.82, 2.24) is 0 Å². The van der Waals surface area contributed by atoms with Gasteiger partial charge in [0.1, 0.15) is 0 Å². The highest BCUT2D eigenvalue weighted by molar-refractivity contribution is 5.82. The molecule has 0 amide bonds. The summed E-state index contributed by atoms with van der Waals surface area (Å²) < 4.78 is 0. The van der Waals surface area contributed by atoms with E-state index in [1.807, 2.05) is 19.1 Å². The maximum atomic E-state index is 10.7. The summed E-state index contributed by atoms with van der Waals surface area (Å²) in [5.74, 6) is -1.05. The van der Waals surface area contributed by atoms with Crippen molar-refractivity contribution in [3.05, 3.63) is 58.2 Å². The minimum Gasteiger partial charge on any atom is -0.478 e. The molecule has 1 rings (SSSR count). The number of rotatable bonds is 5. The van der Waals surface area contributed by atoms with Gasteiger partial charge in [-0.3, -0.25) is 0 Å². The SMILES string of the molecule is CC1=C(/C=C/C(C)=C/C=C(C#N)/C(C)=C\C(=O)O)C(C)(C)CCC1. The van der Waals surface area contributed by atoms with Crippen LogP contribution in [0, 0.1) is 16.7 Å². The predicted molar refractivity (Wildman–Crippen MR) is 98.3 cm³/mol. The maximum Gasteiger partial charge on any atom is 0.328 e. The van der Waals surface area contributed by atoms with Crippen molar-refractivity contribution in [2.75, 3.05) is 0 Å². The number of allylic oxidation sites excluding steroid dienone is 9. The minimum absolute atomic E-state index is 0.202. The topological polar surface area (TPSA) is 61.1 Å². The third-order valence-corrected chi connectivity index (χ3v) is 4.45.